The van der Waals surface area contributed by atoms with Crippen molar-refractivity contribution >= 4 is 5.69 Å². The molecule has 1 N–H and O–H groups in total. The molecule has 0 aliphatic carbocycles. The van der Waals surface area contributed by atoms with E-state index in [0.29, 0.717) is 0 Å². The zero-order valence-electron chi connectivity index (χ0n) is 9.95. The summed E-state index contributed by atoms with van der Waals surface area (Å²) >= 11 is 0. The Morgan fingerprint density at radius 2 is 2.13 bits per heavy atom. The Balaban J connectivity index is 2.65. The molecule has 84 valence electrons. The van der Waals surface area contributed by atoms with Gasteiger partial charge in [0.2, 0.25) is 0 Å². The molecule has 0 aromatic heterocycles. The molecule has 0 amide bonds. The number of rotatable bonds is 5. The molecule has 1 atom stereocenters. The molecule has 1 rings (SSSR count). The van der Waals surface area contributed by atoms with Crippen molar-refractivity contribution in [2.45, 2.75) is 13.0 Å². The van der Waals surface area contributed by atoms with Crippen LogP contribution in [0.1, 0.15) is 6.92 Å². The highest BCUT2D eigenvalue weighted by atomic mass is 16.5. The van der Waals surface area contributed by atoms with E-state index < -0.39 is 0 Å². The summed E-state index contributed by atoms with van der Waals surface area (Å²) in [4.78, 5) is 2.07. The van der Waals surface area contributed by atoms with E-state index in [2.05, 4.69) is 23.2 Å². The summed E-state index contributed by atoms with van der Waals surface area (Å²) in [6.45, 7) is 2.91. The molecule has 1 unspecified atom stereocenters. The molecule has 0 saturated heterocycles. The van der Waals surface area contributed by atoms with Gasteiger partial charge in [0, 0.05) is 32.4 Å². The van der Waals surface area contributed by atoms with E-state index >= 15 is 0 Å². The van der Waals surface area contributed by atoms with E-state index in [4.69, 9.17) is 4.74 Å². The summed E-state index contributed by atoms with van der Waals surface area (Å²) in [5.74, 6) is 0.920. The molecule has 0 fully saturated rings. The fourth-order valence-electron chi connectivity index (χ4n) is 1.40. The van der Waals surface area contributed by atoms with Crippen LogP contribution in [-0.2, 0) is 0 Å². The van der Waals surface area contributed by atoms with Gasteiger partial charge in [0.25, 0.3) is 0 Å². The molecular formula is C12H20N2O. The Kier molecular flexibility index (Phi) is 4.43. The van der Waals surface area contributed by atoms with Gasteiger partial charge in [-0.3, -0.25) is 0 Å². The Morgan fingerprint density at radius 3 is 2.73 bits per heavy atom. The lowest BCUT2D eigenvalue weighted by Crippen LogP contribution is -2.26. The van der Waals surface area contributed by atoms with E-state index in [1.54, 1.807) is 0 Å². The zero-order valence-corrected chi connectivity index (χ0v) is 9.95. The molecule has 0 heterocycles. The summed E-state index contributed by atoms with van der Waals surface area (Å²) in [6, 6.07) is 8.11. The lowest BCUT2D eigenvalue weighted by Gasteiger charge is -2.17. The number of hydrogen-bond acceptors (Lipinski definition) is 3. The minimum atomic E-state index is 0.187. The fraction of sp³-hybridized carbons (Fsp3) is 0.500. The van der Waals surface area contributed by atoms with Gasteiger partial charge in [-0.25, -0.2) is 0 Å². The average Bonchev–Trinajstić information content (AvgIpc) is 2.18. The number of nitrogens with zero attached hydrogens (tertiary/aromatic N) is 1. The van der Waals surface area contributed by atoms with Gasteiger partial charge < -0.3 is 15.0 Å². The van der Waals surface area contributed by atoms with Crippen LogP contribution < -0.4 is 15.0 Å². The lowest BCUT2D eigenvalue weighted by molar-refractivity contribution is 0.220. The van der Waals surface area contributed by atoms with Gasteiger partial charge in [0.05, 0.1) is 0 Å². The second-order valence-corrected chi connectivity index (χ2v) is 3.88. The largest absolute Gasteiger partial charge is 0.489 e. The molecule has 0 spiro atoms. The maximum absolute atomic E-state index is 5.76. The van der Waals surface area contributed by atoms with Gasteiger partial charge in [0.15, 0.2) is 0 Å². The van der Waals surface area contributed by atoms with Gasteiger partial charge in [-0.1, -0.05) is 6.07 Å². The van der Waals surface area contributed by atoms with Gasteiger partial charge in [0.1, 0.15) is 11.9 Å². The van der Waals surface area contributed by atoms with Crippen LogP contribution in [0, 0.1) is 0 Å². The van der Waals surface area contributed by atoms with Gasteiger partial charge in [-0.15, -0.1) is 0 Å². The van der Waals surface area contributed by atoms with Crippen molar-refractivity contribution in [1.29, 1.82) is 0 Å². The Bertz CT molecular complexity index is 299. The Morgan fingerprint density at radius 1 is 1.40 bits per heavy atom. The smallest absolute Gasteiger partial charge is 0.121 e. The summed E-state index contributed by atoms with van der Waals surface area (Å²) in [6.07, 6.45) is 0.187. The lowest BCUT2D eigenvalue weighted by atomic mass is 10.3. The molecule has 3 heteroatoms. The molecule has 0 bridgehead atoms. The third-order valence-electron chi connectivity index (χ3n) is 2.16. The standard InChI is InChI=1S/C12H20N2O/c1-10(9-13-2)15-12-7-5-6-11(8-12)14(3)4/h5-8,10,13H,9H2,1-4H3. The predicted molar refractivity (Wildman–Crippen MR) is 64.8 cm³/mol. The van der Waals surface area contributed by atoms with Crippen LogP contribution in [0.2, 0.25) is 0 Å². The molecule has 0 saturated carbocycles. The summed E-state index contributed by atoms with van der Waals surface area (Å²) in [5, 5.41) is 3.09. The number of ether oxygens (including phenoxy) is 1. The van der Waals surface area contributed by atoms with Crippen molar-refractivity contribution < 1.29 is 4.74 Å². The maximum Gasteiger partial charge on any atom is 0.121 e. The second-order valence-electron chi connectivity index (χ2n) is 3.88. The number of anilines is 1. The summed E-state index contributed by atoms with van der Waals surface area (Å²) in [7, 11) is 5.97. The van der Waals surface area contributed by atoms with Gasteiger partial charge >= 0.3 is 0 Å². The minimum absolute atomic E-state index is 0.187. The highest BCUT2D eigenvalue weighted by Crippen LogP contribution is 2.20. The molecule has 0 radical (unpaired) electrons. The summed E-state index contributed by atoms with van der Waals surface area (Å²) < 4.78 is 5.76. The van der Waals surface area contributed by atoms with Crippen LogP contribution in [0.15, 0.2) is 24.3 Å². The molecule has 0 aliphatic rings. The zero-order chi connectivity index (χ0) is 11.3. The first-order chi connectivity index (χ1) is 7.13. The number of likely N-dealkylation sites (N-methyl/N-ethyl adjacent to an activating group) is 1. The highest BCUT2D eigenvalue weighted by molar-refractivity contribution is 5.49. The van der Waals surface area contributed by atoms with Gasteiger partial charge in [-0.2, -0.15) is 0 Å². The number of hydrogen-bond donors (Lipinski definition) is 1. The van der Waals surface area contributed by atoms with Gasteiger partial charge in [-0.05, 0) is 26.1 Å². The van der Waals surface area contributed by atoms with Crippen molar-refractivity contribution in [2.24, 2.45) is 0 Å². The highest BCUT2D eigenvalue weighted by Gasteiger charge is 2.03. The topological polar surface area (TPSA) is 24.5 Å². The van der Waals surface area contributed by atoms with Crippen molar-refractivity contribution in [3.63, 3.8) is 0 Å². The SMILES string of the molecule is CNCC(C)Oc1cccc(N(C)C)c1. The van der Waals surface area contributed by atoms with Crippen molar-refractivity contribution in [3.8, 4) is 5.75 Å². The summed E-state index contributed by atoms with van der Waals surface area (Å²) in [5.41, 5.74) is 1.16. The van der Waals surface area contributed by atoms with E-state index in [9.17, 15) is 0 Å². The minimum Gasteiger partial charge on any atom is -0.489 e. The first-order valence-electron chi connectivity index (χ1n) is 5.22. The van der Waals surface area contributed by atoms with Crippen LogP contribution in [0.3, 0.4) is 0 Å². The normalized spacial score (nSPS) is 12.3. The molecule has 15 heavy (non-hydrogen) atoms. The molecule has 1 aromatic carbocycles. The van der Waals surface area contributed by atoms with Crippen LogP contribution in [0.5, 0.6) is 5.75 Å². The quantitative estimate of drug-likeness (QED) is 0.797. The first kappa shape index (κ1) is 11.9. The molecule has 0 aliphatic heterocycles. The molecular weight excluding hydrogens is 188 g/mol. The Hall–Kier alpha value is -1.22. The molecule has 1 aromatic rings. The third kappa shape index (κ3) is 3.80. The van der Waals surface area contributed by atoms with Crippen LogP contribution in [0.4, 0.5) is 5.69 Å². The molecule has 3 nitrogen and oxygen atoms in total. The van der Waals surface area contributed by atoms with Crippen molar-refractivity contribution in [3.05, 3.63) is 24.3 Å². The number of benzene rings is 1. The van der Waals surface area contributed by atoms with E-state index in [-0.39, 0.29) is 6.10 Å². The first-order valence-corrected chi connectivity index (χ1v) is 5.22. The van der Waals surface area contributed by atoms with Crippen LogP contribution in [-0.4, -0.2) is 33.8 Å². The van der Waals surface area contributed by atoms with E-state index in [1.807, 2.05) is 39.3 Å². The third-order valence-corrected chi connectivity index (χ3v) is 2.16. The second kappa shape index (κ2) is 5.61. The van der Waals surface area contributed by atoms with Crippen LogP contribution in [0.25, 0.3) is 0 Å². The predicted octanol–water partition coefficient (Wildman–Crippen LogP) is 1.74. The van der Waals surface area contributed by atoms with E-state index in [1.165, 1.54) is 0 Å². The average molecular weight is 208 g/mol. The van der Waals surface area contributed by atoms with Crippen LogP contribution >= 0.6 is 0 Å². The van der Waals surface area contributed by atoms with Crippen molar-refractivity contribution in [1.82, 2.24) is 5.32 Å². The Labute approximate surface area is 92.0 Å². The fourth-order valence-corrected chi connectivity index (χ4v) is 1.40. The van der Waals surface area contributed by atoms with Crippen molar-refractivity contribution in [2.75, 3.05) is 32.6 Å². The maximum atomic E-state index is 5.76. The number of nitrogens with one attached hydrogen (secondary N) is 1. The van der Waals surface area contributed by atoms with E-state index in [0.717, 1.165) is 18.0 Å². The monoisotopic (exact) mass is 208 g/mol.